The summed E-state index contributed by atoms with van der Waals surface area (Å²) in [5.74, 6) is 0.297. The Morgan fingerprint density at radius 3 is 2.61 bits per heavy atom. The van der Waals surface area contributed by atoms with E-state index < -0.39 is 10.0 Å². The van der Waals surface area contributed by atoms with E-state index in [0.29, 0.717) is 25.6 Å². The minimum Gasteiger partial charge on any atom is -0.383 e. The lowest BCUT2D eigenvalue weighted by Crippen LogP contribution is -2.29. The molecule has 1 aromatic rings. The highest BCUT2D eigenvalue weighted by Gasteiger charge is 2.22. The third kappa shape index (κ3) is 3.26. The average Bonchev–Trinajstić information content (AvgIpc) is 2.79. The smallest absolute Gasteiger partial charge is 0.244 e. The van der Waals surface area contributed by atoms with Gasteiger partial charge < -0.3 is 9.30 Å². The van der Waals surface area contributed by atoms with Crippen LogP contribution in [0.15, 0.2) is 17.2 Å². The Morgan fingerprint density at radius 2 is 2.17 bits per heavy atom. The van der Waals surface area contributed by atoms with Gasteiger partial charge in [0.25, 0.3) is 0 Å². The third-order valence-corrected chi connectivity index (χ3v) is 4.85. The first-order valence-electron chi connectivity index (χ1n) is 5.67. The summed E-state index contributed by atoms with van der Waals surface area (Å²) >= 11 is 5.79. The van der Waals surface area contributed by atoms with Gasteiger partial charge in [0.1, 0.15) is 4.90 Å². The number of nitrogens with zero attached hydrogens (tertiary/aromatic N) is 2. The fraction of sp³-hybridized carbons (Fsp3) is 0.636. The number of halogens is 1. The molecule has 104 valence electrons. The number of aromatic nitrogens is 1. The van der Waals surface area contributed by atoms with Crippen molar-refractivity contribution in [3.63, 3.8) is 0 Å². The SMILES string of the molecule is CCn1cc(S(=O)(=O)N(C)CCOC)cc1CCl. The molecule has 0 amide bonds. The molecule has 0 atom stereocenters. The van der Waals surface area contributed by atoms with E-state index in [1.807, 2.05) is 11.5 Å². The maximum atomic E-state index is 12.2. The van der Waals surface area contributed by atoms with Crippen molar-refractivity contribution in [3.8, 4) is 0 Å². The Hall–Kier alpha value is -0.560. The molecular weight excluding hydrogens is 276 g/mol. The molecule has 0 saturated carbocycles. The second-order valence-corrected chi connectivity index (χ2v) is 6.22. The zero-order valence-electron chi connectivity index (χ0n) is 10.9. The van der Waals surface area contributed by atoms with E-state index in [9.17, 15) is 8.42 Å². The molecule has 1 rings (SSSR count). The zero-order valence-corrected chi connectivity index (χ0v) is 12.5. The molecule has 0 unspecified atom stereocenters. The van der Waals surface area contributed by atoms with Gasteiger partial charge in [0, 0.05) is 39.1 Å². The van der Waals surface area contributed by atoms with Gasteiger partial charge in [0.2, 0.25) is 10.0 Å². The van der Waals surface area contributed by atoms with Crippen LogP contribution in [-0.2, 0) is 27.2 Å². The van der Waals surface area contributed by atoms with Gasteiger partial charge in [-0.15, -0.1) is 11.6 Å². The van der Waals surface area contributed by atoms with Crippen molar-refractivity contribution in [3.05, 3.63) is 18.0 Å². The zero-order chi connectivity index (χ0) is 13.8. The van der Waals surface area contributed by atoms with Gasteiger partial charge in [0.15, 0.2) is 0 Å². The van der Waals surface area contributed by atoms with E-state index in [0.717, 1.165) is 5.69 Å². The highest BCUT2D eigenvalue weighted by atomic mass is 35.5. The first-order valence-corrected chi connectivity index (χ1v) is 7.65. The summed E-state index contributed by atoms with van der Waals surface area (Å²) in [7, 11) is -0.378. The Balaban J connectivity index is 3.01. The number of alkyl halides is 1. The van der Waals surface area contributed by atoms with E-state index in [-0.39, 0.29) is 4.90 Å². The summed E-state index contributed by atoms with van der Waals surface area (Å²) in [4.78, 5) is 0.276. The molecular formula is C11H19ClN2O3S. The van der Waals surface area contributed by atoms with Crippen molar-refractivity contribution in [2.45, 2.75) is 24.2 Å². The number of ether oxygens (including phenoxy) is 1. The number of hydrogen-bond acceptors (Lipinski definition) is 3. The lowest BCUT2D eigenvalue weighted by Gasteiger charge is -2.15. The molecule has 0 aliphatic heterocycles. The van der Waals surface area contributed by atoms with Crippen LogP contribution >= 0.6 is 11.6 Å². The van der Waals surface area contributed by atoms with Crippen LogP contribution in [-0.4, -0.2) is 44.6 Å². The van der Waals surface area contributed by atoms with Crippen LogP contribution in [0.5, 0.6) is 0 Å². The van der Waals surface area contributed by atoms with Crippen LogP contribution in [0.1, 0.15) is 12.6 Å². The van der Waals surface area contributed by atoms with Gasteiger partial charge >= 0.3 is 0 Å². The van der Waals surface area contributed by atoms with Gasteiger partial charge in [-0.2, -0.15) is 4.31 Å². The Kier molecular flexibility index (Phi) is 5.65. The van der Waals surface area contributed by atoms with Gasteiger partial charge in [-0.25, -0.2) is 8.42 Å². The number of aryl methyl sites for hydroxylation is 1. The fourth-order valence-electron chi connectivity index (χ4n) is 1.59. The van der Waals surface area contributed by atoms with E-state index in [4.69, 9.17) is 16.3 Å². The van der Waals surface area contributed by atoms with Crippen LogP contribution in [0.3, 0.4) is 0 Å². The minimum atomic E-state index is -3.46. The van der Waals surface area contributed by atoms with E-state index in [1.165, 1.54) is 11.4 Å². The van der Waals surface area contributed by atoms with Gasteiger partial charge in [-0.3, -0.25) is 0 Å². The van der Waals surface area contributed by atoms with E-state index >= 15 is 0 Å². The summed E-state index contributed by atoms with van der Waals surface area (Å²) in [6, 6.07) is 1.62. The van der Waals surface area contributed by atoms with Gasteiger partial charge in [0.05, 0.1) is 12.5 Å². The molecule has 1 heterocycles. The molecule has 0 radical (unpaired) electrons. The first-order chi connectivity index (χ1) is 8.47. The van der Waals surface area contributed by atoms with Crippen molar-refractivity contribution < 1.29 is 13.2 Å². The molecule has 0 saturated heterocycles. The number of hydrogen-bond donors (Lipinski definition) is 0. The molecule has 0 aliphatic rings. The van der Waals surface area contributed by atoms with Gasteiger partial charge in [-0.05, 0) is 13.0 Å². The average molecular weight is 295 g/mol. The largest absolute Gasteiger partial charge is 0.383 e. The number of rotatable bonds is 7. The topological polar surface area (TPSA) is 51.5 Å². The highest BCUT2D eigenvalue weighted by molar-refractivity contribution is 7.89. The second-order valence-electron chi connectivity index (χ2n) is 3.91. The molecule has 0 aliphatic carbocycles. The lowest BCUT2D eigenvalue weighted by atomic mass is 10.5. The van der Waals surface area contributed by atoms with Crippen molar-refractivity contribution >= 4 is 21.6 Å². The standard InChI is InChI=1S/C11H19ClN2O3S/c1-4-14-9-11(7-10(14)8-12)18(15,16)13(2)5-6-17-3/h7,9H,4-6,8H2,1-3H3. The monoisotopic (exact) mass is 294 g/mol. The van der Waals surface area contributed by atoms with Crippen LogP contribution in [0.25, 0.3) is 0 Å². The molecule has 0 spiro atoms. The molecule has 0 bridgehead atoms. The summed E-state index contributed by atoms with van der Waals surface area (Å²) in [5, 5.41) is 0. The van der Waals surface area contributed by atoms with Crippen LogP contribution in [0.2, 0.25) is 0 Å². The van der Waals surface area contributed by atoms with Gasteiger partial charge in [-0.1, -0.05) is 0 Å². The molecule has 0 aromatic carbocycles. The third-order valence-electron chi connectivity index (χ3n) is 2.76. The predicted molar refractivity (Wildman–Crippen MR) is 71.4 cm³/mol. The first kappa shape index (κ1) is 15.5. The Bertz CT molecular complexity index is 463. The van der Waals surface area contributed by atoms with Crippen molar-refractivity contribution in [2.75, 3.05) is 27.3 Å². The maximum absolute atomic E-state index is 12.2. The Morgan fingerprint density at radius 1 is 1.50 bits per heavy atom. The molecule has 7 heteroatoms. The van der Waals surface area contributed by atoms with Crippen molar-refractivity contribution in [1.82, 2.24) is 8.87 Å². The second kappa shape index (κ2) is 6.56. The lowest BCUT2D eigenvalue weighted by molar-refractivity contribution is 0.185. The number of sulfonamides is 1. The molecule has 1 aromatic heterocycles. The predicted octanol–water partition coefficient (Wildman–Crippen LogP) is 1.51. The fourth-order valence-corrected chi connectivity index (χ4v) is 3.04. The van der Waals surface area contributed by atoms with Crippen molar-refractivity contribution in [1.29, 1.82) is 0 Å². The van der Waals surface area contributed by atoms with Crippen molar-refractivity contribution in [2.24, 2.45) is 0 Å². The molecule has 18 heavy (non-hydrogen) atoms. The van der Waals surface area contributed by atoms with Crippen LogP contribution < -0.4 is 0 Å². The summed E-state index contributed by atoms with van der Waals surface area (Å²) in [6.45, 7) is 3.33. The number of methoxy groups -OCH3 is 1. The van der Waals surface area contributed by atoms with Crippen LogP contribution in [0.4, 0.5) is 0 Å². The molecule has 5 nitrogen and oxygen atoms in total. The number of likely N-dealkylation sites (N-methyl/N-ethyl adjacent to an activating group) is 1. The summed E-state index contributed by atoms with van der Waals surface area (Å²) < 4.78 is 32.5. The summed E-state index contributed by atoms with van der Waals surface area (Å²) in [5.41, 5.74) is 0.804. The summed E-state index contributed by atoms with van der Waals surface area (Å²) in [6.07, 6.45) is 1.62. The molecule has 0 fully saturated rings. The maximum Gasteiger partial charge on any atom is 0.244 e. The van der Waals surface area contributed by atoms with Crippen LogP contribution in [0, 0.1) is 0 Å². The van der Waals surface area contributed by atoms with E-state index in [2.05, 4.69) is 0 Å². The molecule has 0 N–H and O–H groups in total. The normalized spacial score (nSPS) is 12.3. The Labute approximate surface area is 113 Å². The van der Waals surface area contributed by atoms with E-state index in [1.54, 1.807) is 19.4 Å². The minimum absolute atomic E-state index is 0.276. The highest BCUT2D eigenvalue weighted by Crippen LogP contribution is 2.19. The quantitative estimate of drug-likeness (QED) is 0.716.